The number of para-hydroxylation sites is 1. The topological polar surface area (TPSA) is 50.7 Å². The minimum atomic E-state index is -0.318. The number of nitrogens with one attached hydrogen (secondary N) is 1. The molecule has 92 valence electrons. The Labute approximate surface area is 106 Å². The van der Waals surface area contributed by atoms with Crippen molar-refractivity contribution < 1.29 is 9.53 Å². The predicted molar refractivity (Wildman–Crippen MR) is 68.4 cm³/mol. The summed E-state index contributed by atoms with van der Waals surface area (Å²) in [7, 11) is 0. The molecule has 0 fully saturated rings. The van der Waals surface area contributed by atoms with Gasteiger partial charge >= 0.3 is 0 Å². The van der Waals surface area contributed by atoms with Crippen LogP contribution in [0.25, 0.3) is 0 Å². The van der Waals surface area contributed by atoms with E-state index in [1.54, 1.807) is 30.5 Å². The van der Waals surface area contributed by atoms with Crippen LogP contribution in [0.1, 0.15) is 13.8 Å². The molecule has 1 rings (SSSR count). The molecule has 17 heavy (non-hydrogen) atoms. The number of rotatable bonds is 5. The summed E-state index contributed by atoms with van der Waals surface area (Å²) < 4.78 is 5.24. The Kier molecular flexibility index (Phi) is 5.49. The van der Waals surface area contributed by atoms with Crippen molar-refractivity contribution in [3.8, 4) is 5.75 Å². The maximum absolute atomic E-state index is 11.3. The van der Waals surface area contributed by atoms with Gasteiger partial charge in [-0.05, 0) is 18.1 Å². The van der Waals surface area contributed by atoms with Crippen LogP contribution >= 0.6 is 11.6 Å². The van der Waals surface area contributed by atoms with Crippen molar-refractivity contribution in [3.05, 3.63) is 29.3 Å². The second-order valence-corrected chi connectivity index (χ2v) is 4.18. The van der Waals surface area contributed by atoms with Crippen LogP contribution in [0.4, 0.5) is 0 Å². The van der Waals surface area contributed by atoms with Gasteiger partial charge in [0.15, 0.2) is 6.61 Å². The SMILES string of the molecule is CC(C)C=NNC(=O)COc1ccccc1Cl. The second kappa shape index (κ2) is 6.91. The van der Waals surface area contributed by atoms with Crippen molar-refractivity contribution in [2.75, 3.05) is 6.61 Å². The molecule has 0 saturated carbocycles. The zero-order valence-corrected chi connectivity index (χ0v) is 10.6. The molecule has 0 saturated heterocycles. The highest BCUT2D eigenvalue weighted by Gasteiger charge is 2.03. The van der Waals surface area contributed by atoms with Crippen molar-refractivity contribution in [3.63, 3.8) is 0 Å². The fraction of sp³-hybridized carbons (Fsp3) is 0.333. The van der Waals surface area contributed by atoms with Crippen molar-refractivity contribution in [1.29, 1.82) is 0 Å². The van der Waals surface area contributed by atoms with Gasteiger partial charge in [-0.1, -0.05) is 37.6 Å². The zero-order chi connectivity index (χ0) is 12.7. The molecule has 0 heterocycles. The van der Waals surface area contributed by atoms with Crippen LogP contribution in [0.3, 0.4) is 0 Å². The van der Waals surface area contributed by atoms with E-state index >= 15 is 0 Å². The Hall–Kier alpha value is -1.55. The lowest BCUT2D eigenvalue weighted by Gasteiger charge is -2.06. The molecule has 4 nitrogen and oxygen atoms in total. The number of hydrazone groups is 1. The number of nitrogens with zero attached hydrogens (tertiary/aromatic N) is 1. The quantitative estimate of drug-likeness (QED) is 0.648. The number of amides is 1. The highest BCUT2D eigenvalue weighted by atomic mass is 35.5. The molecule has 1 amide bonds. The van der Waals surface area contributed by atoms with E-state index < -0.39 is 0 Å². The number of halogens is 1. The van der Waals surface area contributed by atoms with Gasteiger partial charge in [0.2, 0.25) is 0 Å². The first kappa shape index (κ1) is 13.5. The molecule has 0 bridgehead atoms. The number of carbonyl (C=O) groups is 1. The summed E-state index contributed by atoms with van der Waals surface area (Å²) >= 11 is 5.87. The van der Waals surface area contributed by atoms with Gasteiger partial charge in [0.1, 0.15) is 5.75 Å². The van der Waals surface area contributed by atoms with Crippen LogP contribution in [0.5, 0.6) is 5.75 Å². The van der Waals surface area contributed by atoms with E-state index in [0.717, 1.165) is 0 Å². The molecule has 5 heteroatoms. The molecule has 0 aromatic heterocycles. The van der Waals surface area contributed by atoms with E-state index in [-0.39, 0.29) is 12.5 Å². The lowest BCUT2D eigenvalue weighted by atomic mass is 10.3. The summed E-state index contributed by atoms with van der Waals surface area (Å²) in [4.78, 5) is 11.3. The van der Waals surface area contributed by atoms with E-state index in [1.807, 2.05) is 13.8 Å². The summed E-state index contributed by atoms with van der Waals surface area (Å²) in [6, 6.07) is 6.98. The van der Waals surface area contributed by atoms with E-state index in [0.29, 0.717) is 16.7 Å². The smallest absolute Gasteiger partial charge is 0.277 e. The minimum Gasteiger partial charge on any atom is -0.482 e. The molecule has 0 spiro atoms. The molecule has 0 aliphatic carbocycles. The van der Waals surface area contributed by atoms with Gasteiger partial charge in [0, 0.05) is 6.21 Å². The second-order valence-electron chi connectivity index (χ2n) is 3.78. The summed E-state index contributed by atoms with van der Waals surface area (Å²) in [6.45, 7) is 3.82. The first-order chi connectivity index (χ1) is 8.09. The summed E-state index contributed by atoms with van der Waals surface area (Å²) in [5.41, 5.74) is 2.37. The summed E-state index contributed by atoms with van der Waals surface area (Å²) in [6.07, 6.45) is 1.65. The third kappa shape index (κ3) is 5.36. The zero-order valence-electron chi connectivity index (χ0n) is 9.81. The average molecular weight is 255 g/mol. The third-order valence-electron chi connectivity index (χ3n) is 1.76. The van der Waals surface area contributed by atoms with E-state index in [2.05, 4.69) is 10.5 Å². The molecule has 1 N–H and O–H groups in total. The van der Waals surface area contributed by atoms with Gasteiger partial charge in [-0.2, -0.15) is 5.10 Å². The van der Waals surface area contributed by atoms with Gasteiger partial charge in [-0.25, -0.2) is 5.43 Å². The van der Waals surface area contributed by atoms with Crippen molar-refractivity contribution in [2.24, 2.45) is 11.0 Å². The van der Waals surface area contributed by atoms with Gasteiger partial charge in [-0.3, -0.25) is 4.79 Å². The molecule has 1 aromatic rings. The van der Waals surface area contributed by atoms with Crippen LogP contribution in [0.2, 0.25) is 5.02 Å². The molecule has 0 unspecified atom stereocenters. The molecular weight excluding hydrogens is 240 g/mol. The fourth-order valence-corrected chi connectivity index (χ4v) is 1.19. The largest absolute Gasteiger partial charge is 0.482 e. The molecule has 0 radical (unpaired) electrons. The predicted octanol–water partition coefficient (Wildman–Crippen LogP) is 2.48. The summed E-state index contributed by atoms with van der Waals surface area (Å²) in [5.74, 6) is 0.457. The van der Waals surface area contributed by atoms with Gasteiger partial charge in [0.05, 0.1) is 5.02 Å². The minimum absolute atomic E-state index is 0.112. The number of benzene rings is 1. The van der Waals surface area contributed by atoms with Gasteiger partial charge in [-0.15, -0.1) is 0 Å². The Morgan fingerprint density at radius 3 is 2.88 bits per heavy atom. The lowest BCUT2D eigenvalue weighted by Crippen LogP contribution is -2.24. The molecule has 0 atom stereocenters. The number of carbonyl (C=O) groups excluding carboxylic acids is 1. The number of hydrogen-bond donors (Lipinski definition) is 1. The van der Waals surface area contributed by atoms with Crippen LogP contribution in [0.15, 0.2) is 29.4 Å². The average Bonchev–Trinajstić information content (AvgIpc) is 2.27. The number of hydrogen-bond acceptors (Lipinski definition) is 3. The van der Waals surface area contributed by atoms with Crippen LogP contribution < -0.4 is 10.2 Å². The normalized spacial score (nSPS) is 10.8. The number of ether oxygens (including phenoxy) is 1. The Bertz CT molecular complexity index is 405. The molecular formula is C12H15ClN2O2. The van der Waals surface area contributed by atoms with E-state index in [4.69, 9.17) is 16.3 Å². The Balaban J connectivity index is 2.36. The maximum atomic E-state index is 11.3. The molecule has 0 aliphatic heterocycles. The van der Waals surface area contributed by atoms with E-state index in [9.17, 15) is 4.79 Å². The van der Waals surface area contributed by atoms with Crippen LogP contribution in [-0.4, -0.2) is 18.7 Å². The monoisotopic (exact) mass is 254 g/mol. The highest BCUT2D eigenvalue weighted by Crippen LogP contribution is 2.22. The molecule has 0 aliphatic rings. The molecule has 1 aromatic carbocycles. The maximum Gasteiger partial charge on any atom is 0.277 e. The van der Waals surface area contributed by atoms with Crippen molar-refractivity contribution >= 4 is 23.7 Å². The highest BCUT2D eigenvalue weighted by molar-refractivity contribution is 6.32. The van der Waals surface area contributed by atoms with Crippen molar-refractivity contribution in [1.82, 2.24) is 5.43 Å². The van der Waals surface area contributed by atoms with Crippen LogP contribution in [0, 0.1) is 5.92 Å². The standard InChI is InChI=1S/C12H15ClN2O2/c1-9(2)7-14-15-12(16)8-17-11-6-4-3-5-10(11)13/h3-7,9H,8H2,1-2H3,(H,15,16). The Morgan fingerprint density at radius 2 is 2.24 bits per heavy atom. The van der Waals surface area contributed by atoms with E-state index in [1.165, 1.54) is 0 Å². The van der Waals surface area contributed by atoms with Gasteiger partial charge < -0.3 is 4.74 Å². The van der Waals surface area contributed by atoms with Crippen molar-refractivity contribution in [2.45, 2.75) is 13.8 Å². The van der Waals surface area contributed by atoms with Gasteiger partial charge in [0.25, 0.3) is 5.91 Å². The Morgan fingerprint density at radius 1 is 1.53 bits per heavy atom. The first-order valence-electron chi connectivity index (χ1n) is 5.29. The van der Waals surface area contributed by atoms with Crippen LogP contribution in [-0.2, 0) is 4.79 Å². The lowest BCUT2D eigenvalue weighted by molar-refractivity contribution is -0.123. The fourth-order valence-electron chi connectivity index (χ4n) is 0.996. The first-order valence-corrected chi connectivity index (χ1v) is 5.66. The summed E-state index contributed by atoms with van der Waals surface area (Å²) in [5, 5.41) is 4.25. The third-order valence-corrected chi connectivity index (χ3v) is 2.07.